The maximum absolute atomic E-state index is 10.0. The normalized spacial score (nSPS) is 14.0. The summed E-state index contributed by atoms with van der Waals surface area (Å²) in [5.74, 6) is 1.44. The van der Waals surface area contributed by atoms with Gasteiger partial charge in [0, 0.05) is 48.9 Å². The molecule has 0 unspecified atom stereocenters. The fourth-order valence-corrected chi connectivity index (χ4v) is 4.70. The van der Waals surface area contributed by atoms with Crippen molar-refractivity contribution in [2.75, 3.05) is 0 Å². The summed E-state index contributed by atoms with van der Waals surface area (Å²) in [6.45, 7) is 11.9. The van der Waals surface area contributed by atoms with Crippen LogP contribution < -0.4 is 5.10 Å². The molecule has 5 rings (SSSR count). The van der Waals surface area contributed by atoms with E-state index in [0.717, 1.165) is 23.6 Å². The molecular formula is C26H29IrN4O2-. The Hall–Kier alpha value is -2.76. The molecule has 1 aliphatic heterocycles. The third kappa shape index (κ3) is 4.27. The van der Waals surface area contributed by atoms with Crippen LogP contribution in [0.3, 0.4) is 0 Å². The van der Waals surface area contributed by atoms with E-state index in [4.69, 9.17) is 5.11 Å². The molecule has 33 heavy (non-hydrogen) atoms. The molecule has 1 N–H and O–H groups in total. The Kier molecular flexibility index (Phi) is 6.96. The van der Waals surface area contributed by atoms with E-state index in [9.17, 15) is 4.79 Å². The van der Waals surface area contributed by atoms with Crippen molar-refractivity contribution in [3.8, 4) is 5.82 Å². The van der Waals surface area contributed by atoms with Crippen LogP contribution in [0, 0.1) is 5.92 Å². The SMILES string of the molecule is CC(=O)/C=C(/C)O.CC(C)Cc1n[n-]c2c1C(C)(C)c1cccc3c4cccnc4n-2c13.[Ir]. The number of aliphatic hydroxyl groups excluding tert-OH is 1. The molecule has 1 aliphatic rings. The minimum absolute atomic E-state index is 0. The van der Waals surface area contributed by atoms with Crippen molar-refractivity contribution in [3.05, 3.63) is 65.2 Å². The van der Waals surface area contributed by atoms with E-state index in [0.29, 0.717) is 5.92 Å². The number of para-hydroxylation sites is 1. The van der Waals surface area contributed by atoms with Crippen molar-refractivity contribution < 1.29 is 30.0 Å². The van der Waals surface area contributed by atoms with Crippen LogP contribution in [0.25, 0.3) is 27.8 Å². The zero-order valence-electron chi connectivity index (χ0n) is 19.8. The monoisotopic (exact) mass is 622 g/mol. The standard InChI is InChI=1S/C21H21N4.C5H8O2.Ir/c1-12(2)11-16-17-20(24-23-16)25-18-13(14-8-6-10-22-19(14)25)7-5-9-15(18)21(17,3)4;1-4(6)3-5(2)7;/h5-10,12H,11H2,1-4H3;3,6H,1-2H3;/q-1;;/b;4-3-;. The molecule has 1 aromatic carbocycles. The van der Waals surface area contributed by atoms with Gasteiger partial charge >= 0.3 is 0 Å². The van der Waals surface area contributed by atoms with E-state index >= 15 is 0 Å². The van der Waals surface area contributed by atoms with Crippen molar-refractivity contribution in [1.82, 2.24) is 19.7 Å². The van der Waals surface area contributed by atoms with E-state index in [2.05, 4.69) is 71.7 Å². The molecule has 4 aromatic rings. The van der Waals surface area contributed by atoms with Gasteiger partial charge in [-0.2, -0.15) is 0 Å². The van der Waals surface area contributed by atoms with Crippen LogP contribution in [-0.2, 0) is 36.7 Å². The summed E-state index contributed by atoms with van der Waals surface area (Å²) in [5.41, 5.74) is 5.78. The van der Waals surface area contributed by atoms with Gasteiger partial charge in [0.15, 0.2) is 5.78 Å². The number of nitrogens with zero attached hydrogens (tertiary/aromatic N) is 4. The zero-order chi connectivity index (χ0) is 23.2. The number of fused-ring (bicyclic) bond motifs is 5. The number of rotatable bonds is 3. The fourth-order valence-electron chi connectivity index (χ4n) is 4.70. The predicted molar refractivity (Wildman–Crippen MR) is 127 cm³/mol. The Bertz CT molecular complexity index is 1360. The molecule has 6 nitrogen and oxygen atoms in total. The topological polar surface area (TPSA) is 82.1 Å². The Balaban J connectivity index is 0.000000337. The van der Waals surface area contributed by atoms with Gasteiger partial charge in [0.2, 0.25) is 0 Å². The average molecular weight is 622 g/mol. The van der Waals surface area contributed by atoms with Gasteiger partial charge in [-0.3, -0.25) is 14.9 Å². The number of benzene rings is 1. The second-order valence-electron chi connectivity index (χ2n) is 9.38. The van der Waals surface area contributed by atoms with Gasteiger partial charge in [-0.15, -0.1) is 0 Å². The molecule has 0 saturated heterocycles. The van der Waals surface area contributed by atoms with Gasteiger partial charge in [0.25, 0.3) is 0 Å². The van der Waals surface area contributed by atoms with Crippen molar-refractivity contribution in [2.45, 2.75) is 53.4 Å². The van der Waals surface area contributed by atoms with Gasteiger partial charge in [-0.1, -0.05) is 52.0 Å². The molecule has 0 bridgehead atoms. The van der Waals surface area contributed by atoms with E-state index in [1.807, 2.05) is 12.3 Å². The molecule has 175 valence electrons. The molecule has 0 spiro atoms. The molecule has 7 heteroatoms. The van der Waals surface area contributed by atoms with Crippen LogP contribution in [0.1, 0.15) is 58.4 Å². The second-order valence-corrected chi connectivity index (χ2v) is 9.38. The quantitative estimate of drug-likeness (QED) is 0.245. The molecule has 0 atom stereocenters. The average Bonchev–Trinajstić information content (AvgIpc) is 3.25. The number of hydrogen-bond acceptors (Lipinski definition) is 4. The van der Waals surface area contributed by atoms with Crippen LogP contribution >= 0.6 is 0 Å². The molecule has 1 radical (unpaired) electrons. The summed E-state index contributed by atoms with van der Waals surface area (Å²) in [5, 5.41) is 20.0. The van der Waals surface area contributed by atoms with E-state index in [-0.39, 0.29) is 37.1 Å². The van der Waals surface area contributed by atoms with Gasteiger partial charge in [-0.25, -0.2) is 0 Å². The van der Waals surface area contributed by atoms with Gasteiger partial charge in [0.1, 0.15) is 0 Å². The third-order valence-electron chi connectivity index (χ3n) is 5.85. The van der Waals surface area contributed by atoms with Crippen molar-refractivity contribution in [3.63, 3.8) is 0 Å². The molecule has 0 aliphatic carbocycles. The molecular weight excluding hydrogens is 593 g/mol. The number of aliphatic hydroxyl groups is 1. The second kappa shape index (κ2) is 9.24. The summed E-state index contributed by atoms with van der Waals surface area (Å²) in [6.07, 6.45) is 3.97. The van der Waals surface area contributed by atoms with E-state index in [1.165, 1.54) is 47.3 Å². The number of hydrogen-bond donors (Lipinski definition) is 1. The number of carbonyl (C=O) groups is 1. The smallest absolute Gasteiger partial charge is 0.155 e. The number of carbonyl (C=O) groups excluding carboxylic acids is 1. The van der Waals surface area contributed by atoms with Crippen molar-refractivity contribution >= 4 is 27.7 Å². The summed E-state index contributed by atoms with van der Waals surface area (Å²) < 4.78 is 2.22. The number of allylic oxidation sites excluding steroid dienone is 2. The van der Waals surface area contributed by atoms with Crippen molar-refractivity contribution in [1.29, 1.82) is 0 Å². The maximum Gasteiger partial charge on any atom is 0.155 e. The summed E-state index contributed by atoms with van der Waals surface area (Å²) in [6, 6.07) is 10.7. The first kappa shape index (κ1) is 24.9. The Morgan fingerprint density at radius 2 is 1.88 bits per heavy atom. The molecule has 0 amide bonds. The number of aromatic nitrogens is 4. The Labute approximate surface area is 207 Å². The summed E-state index contributed by atoms with van der Waals surface area (Å²) >= 11 is 0. The van der Waals surface area contributed by atoms with Gasteiger partial charge in [0.05, 0.1) is 11.4 Å². The van der Waals surface area contributed by atoms with Gasteiger partial charge in [-0.05, 0) is 60.1 Å². The minimum Gasteiger partial charge on any atom is -0.512 e. The van der Waals surface area contributed by atoms with Crippen molar-refractivity contribution in [2.24, 2.45) is 5.92 Å². The first-order valence-corrected chi connectivity index (χ1v) is 10.9. The van der Waals surface area contributed by atoms with Crippen LogP contribution in [0.5, 0.6) is 0 Å². The zero-order valence-corrected chi connectivity index (χ0v) is 22.2. The Morgan fingerprint density at radius 1 is 1.18 bits per heavy atom. The largest absolute Gasteiger partial charge is 0.512 e. The van der Waals surface area contributed by atoms with Crippen LogP contribution in [-0.4, -0.2) is 25.5 Å². The van der Waals surface area contributed by atoms with E-state index in [1.54, 1.807) is 0 Å². The number of pyridine rings is 1. The first-order chi connectivity index (χ1) is 15.1. The number of ketones is 1. The maximum atomic E-state index is 10.0. The van der Waals surface area contributed by atoms with Crippen LogP contribution in [0.15, 0.2) is 48.4 Å². The van der Waals surface area contributed by atoms with Crippen LogP contribution in [0.2, 0.25) is 0 Å². The predicted octanol–water partition coefficient (Wildman–Crippen LogP) is 5.40. The molecule has 3 aromatic heterocycles. The summed E-state index contributed by atoms with van der Waals surface area (Å²) in [4.78, 5) is 14.7. The molecule has 0 saturated carbocycles. The van der Waals surface area contributed by atoms with E-state index < -0.39 is 0 Å². The molecule has 4 heterocycles. The third-order valence-corrected chi connectivity index (χ3v) is 5.85. The summed E-state index contributed by atoms with van der Waals surface area (Å²) in [7, 11) is 0. The minimum atomic E-state index is -0.125. The van der Waals surface area contributed by atoms with Gasteiger partial charge < -0.3 is 14.8 Å². The Morgan fingerprint density at radius 3 is 2.48 bits per heavy atom. The fraction of sp³-hybridized carbons (Fsp3) is 0.346. The molecule has 0 fully saturated rings. The van der Waals surface area contributed by atoms with Crippen LogP contribution in [0.4, 0.5) is 0 Å². The first-order valence-electron chi connectivity index (χ1n) is 10.9.